The molecule has 0 aromatic heterocycles. The van der Waals surface area contributed by atoms with Gasteiger partial charge in [0.1, 0.15) is 12.2 Å². The van der Waals surface area contributed by atoms with Crippen LogP contribution >= 0.6 is 0 Å². The fourth-order valence-electron chi connectivity index (χ4n) is 1.98. The molecule has 25 heavy (non-hydrogen) atoms. The number of amides is 2. The second-order valence-corrected chi connectivity index (χ2v) is 5.92. The van der Waals surface area contributed by atoms with E-state index >= 15 is 0 Å². The largest absolute Gasteiger partial charge is 2.00 e. The molecule has 0 aliphatic rings. The molecule has 2 amide bonds. The number of carbonyl (C=O) groups is 2. The molecular formula is C18H36N2NiO4. The van der Waals surface area contributed by atoms with E-state index in [9.17, 15) is 19.8 Å². The SMILES string of the molecule is CCCCN(CCCC)C(=O)[O-].CCCCN(CCCC)C(=O)[O-].[Ni+2]. The summed E-state index contributed by atoms with van der Waals surface area (Å²) in [7, 11) is 0. The summed E-state index contributed by atoms with van der Waals surface area (Å²) in [4.78, 5) is 23.8. The van der Waals surface area contributed by atoms with Crippen LogP contribution in [0.25, 0.3) is 0 Å². The molecule has 0 aliphatic carbocycles. The fraction of sp³-hybridized carbons (Fsp3) is 0.889. The molecule has 0 saturated heterocycles. The Morgan fingerprint density at radius 3 is 0.920 bits per heavy atom. The molecule has 0 bridgehead atoms. The van der Waals surface area contributed by atoms with Crippen molar-refractivity contribution in [3.8, 4) is 0 Å². The van der Waals surface area contributed by atoms with Crippen molar-refractivity contribution in [1.82, 2.24) is 9.80 Å². The molecule has 0 N–H and O–H groups in total. The zero-order valence-electron chi connectivity index (χ0n) is 16.3. The average Bonchev–Trinajstić information content (AvgIpc) is 2.55. The van der Waals surface area contributed by atoms with Crippen molar-refractivity contribution in [1.29, 1.82) is 0 Å². The van der Waals surface area contributed by atoms with Gasteiger partial charge >= 0.3 is 16.5 Å². The topological polar surface area (TPSA) is 86.7 Å². The Morgan fingerprint density at radius 1 is 0.600 bits per heavy atom. The molecule has 0 aliphatic heterocycles. The molecule has 0 aromatic rings. The first-order valence-corrected chi connectivity index (χ1v) is 9.36. The molecule has 0 spiro atoms. The van der Waals surface area contributed by atoms with Gasteiger partial charge in [0.2, 0.25) is 0 Å². The molecule has 7 heteroatoms. The number of hydrogen-bond donors (Lipinski definition) is 0. The smallest absolute Gasteiger partial charge is 0.530 e. The summed E-state index contributed by atoms with van der Waals surface area (Å²) in [6.07, 6.45) is 5.75. The van der Waals surface area contributed by atoms with E-state index in [1.807, 2.05) is 27.7 Å². The van der Waals surface area contributed by atoms with Crippen LogP contribution in [-0.4, -0.2) is 48.2 Å². The van der Waals surface area contributed by atoms with Crippen LogP contribution in [0.1, 0.15) is 79.1 Å². The summed E-state index contributed by atoms with van der Waals surface area (Å²) in [5.74, 6) is 0. The van der Waals surface area contributed by atoms with Gasteiger partial charge in [-0.2, -0.15) is 0 Å². The van der Waals surface area contributed by atoms with Crippen LogP contribution in [0.15, 0.2) is 0 Å². The summed E-state index contributed by atoms with van der Waals surface area (Å²) in [5, 5.41) is 21.1. The number of carbonyl (C=O) groups excluding carboxylic acids is 2. The zero-order chi connectivity index (χ0) is 18.8. The number of unbranched alkanes of at least 4 members (excludes halogenated alkanes) is 4. The van der Waals surface area contributed by atoms with E-state index in [2.05, 4.69) is 0 Å². The van der Waals surface area contributed by atoms with E-state index in [4.69, 9.17) is 0 Å². The van der Waals surface area contributed by atoms with E-state index in [1.54, 1.807) is 0 Å². The van der Waals surface area contributed by atoms with Crippen LogP contribution in [0.4, 0.5) is 9.59 Å². The van der Waals surface area contributed by atoms with Crippen LogP contribution < -0.4 is 10.2 Å². The minimum atomic E-state index is -1.03. The quantitative estimate of drug-likeness (QED) is 0.469. The monoisotopic (exact) mass is 402 g/mol. The Bertz CT molecular complexity index is 271. The molecule has 0 fully saturated rings. The maximum atomic E-state index is 10.5. The van der Waals surface area contributed by atoms with Crippen LogP contribution in [-0.2, 0) is 16.5 Å². The van der Waals surface area contributed by atoms with E-state index < -0.39 is 12.2 Å². The van der Waals surface area contributed by atoms with Crippen molar-refractivity contribution in [2.75, 3.05) is 26.2 Å². The Balaban J connectivity index is -0.000000372. The van der Waals surface area contributed by atoms with Crippen molar-refractivity contribution in [2.24, 2.45) is 0 Å². The molecule has 6 nitrogen and oxygen atoms in total. The molecule has 0 rings (SSSR count). The van der Waals surface area contributed by atoms with E-state index in [1.165, 1.54) is 9.80 Å². The predicted molar refractivity (Wildman–Crippen MR) is 93.6 cm³/mol. The van der Waals surface area contributed by atoms with Gasteiger partial charge in [-0.1, -0.05) is 53.4 Å². The second-order valence-electron chi connectivity index (χ2n) is 5.92. The van der Waals surface area contributed by atoms with Crippen molar-refractivity contribution >= 4 is 12.2 Å². The average molecular weight is 403 g/mol. The Labute approximate surface area is 163 Å². The zero-order valence-corrected chi connectivity index (χ0v) is 17.3. The van der Waals surface area contributed by atoms with Gasteiger partial charge in [-0.3, -0.25) is 0 Å². The standard InChI is InChI=1S/2C9H19NO2.Ni/c2*1-3-5-7-10(9(11)12)8-6-4-2;/h2*3-8H2,1-2H3,(H,11,12);/q;;+2/p-2. The van der Waals surface area contributed by atoms with E-state index in [0.717, 1.165) is 51.4 Å². The van der Waals surface area contributed by atoms with Crippen molar-refractivity contribution < 1.29 is 36.3 Å². The Kier molecular flexibility index (Phi) is 24.3. The van der Waals surface area contributed by atoms with Gasteiger partial charge in [-0.05, 0) is 25.7 Å². The Hall–Kier alpha value is -0.966. The molecule has 0 aromatic carbocycles. The predicted octanol–water partition coefficient (Wildman–Crippen LogP) is 2.46. The first-order chi connectivity index (χ1) is 11.4. The minimum absolute atomic E-state index is 0. The number of carboxylic acid groups (broad SMARTS) is 2. The number of nitrogens with zero attached hydrogens (tertiary/aromatic N) is 2. The molecule has 0 unspecified atom stereocenters. The van der Waals surface area contributed by atoms with Crippen LogP contribution in [0, 0.1) is 0 Å². The summed E-state index contributed by atoms with van der Waals surface area (Å²) < 4.78 is 0. The molecular weight excluding hydrogens is 367 g/mol. The van der Waals surface area contributed by atoms with E-state index in [-0.39, 0.29) is 16.5 Å². The van der Waals surface area contributed by atoms with Gasteiger partial charge in [-0.25, -0.2) is 0 Å². The van der Waals surface area contributed by atoms with Gasteiger partial charge in [0.25, 0.3) is 0 Å². The van der Waals surface area contributed by atoms with Crippen molar-refractivity contribution in [3.05, 3.63) is 0 Å². The summed E-state index contributed by atoms with van der Waals surface area (Å²) in [6, 6.07) is 0. The first kappa shape index (κ1) is 28.8. The third-order valence-corrected chi connectivity index (χ3v) is 3.64. The molecule has 0 atom stereocenters. The van der Waals surface area contributed by atoms with Crippen molar-refractivity contribution in [3.63, 3.8) is 0 Å². The molecule has 152 valence electrons. The van der Waals surface area contributed by atoms with E-state index in [0.29, 0.717) is 26.2 Å². The van der Waals surface area contributed by atoms with Crippen LogP contribution in [0.3, 0.4) is 0 Å². The first-order valence-electron chi connectivity index (χ1n) is 9.36. The number of rotatable bonds is 12. The van der Waals surface area contributed by atoms with Gasteiger partial charge in [0, 0.05) is 26.2 Å². The molecule has 0 radical (unpaired) electrons. The Morgan fingerprint density at radius 2 is 0.800 bits per heavy atom. The van der Waals surface area contributed by atoms with Gasteiger partial charge in [0.15, 0.2) is 0 Å². The third kappa shape index (κ3) is 19.2. The third-order valence-electron chi connectivity index (χ3n) is 3.64. The van der Waals surface area contributed by atoms with Crippen molar-refractivity contribution in [2.45, 2.75) is 79.1 Å². The minimum Gasteiger partial charge on any atom is -0.530 e. The summed E-state index contributed by atoms with van der Waals surface area (Å²) in [6.45, 7) is 10.7. The fourth-order valence-corrected chi connectivity index (χ4v) is 1.98. The maximum Gasteiger partial charge on any atom is 2.00 e. The number of hydrogen-bond acceptors (Lipinski definition) is 4. The normalized spacial score (nSPS) is 9.44. The van der Waals surface area contributed by atoms with Gasteiger partial charge in [-0.15, -0.1) is 0 Å². The van der Waals surface area contributed by atoms with Gasteiger partial charge < -0.3 is 29.6 Å². The van der Waals surface area contributed by atoms with Crippen LogP contribution in [0.5, 0.6) is 0 Å². The molecule has 0 saturated carbocycles. The van der Waals surface area contributed by atoms with Gasteiger partial charge in [0.05, 0.1) is 0 Å². The molecule has 0 heterocycles. The van der Waals surface area contributed by atoms with Crippen LogP contribution in [0.2, 0.25) is 0 Å². The maximum absolute atomic E-state index is 10.5. The summed E-state index contributed by atoms with van der Waals surface area (Å²) >= 11 is 0. The second kappa shape index (κ2) is 21.1. The summed E-state index contributed by atoms with van der Waals surface area (Å²) in [5.41, 5.74) is 0.